The summed E-state index contributed by atoms with van der Waals surface area (Å²) in [4.78, 5) is 25.2. The third kappa shape index (κ3) is 6.06. The van der Waals surface area contributed by atoms with Gasteiger partial charge in [-0.15, -0.1) is 22.0 Å². The molecule has 0 atom stereocenters. The standard InChI is InChI=1S/C25H22N4O3S2/c1-32-24(31)18-12-14-19(15-13-18)26-23(30)17-34-25-28-27-22(16-33-21-10-6-3-7-11-21)29(25)20-8-4-2-5-9-20/h2-15H,16-17H2,1H3,(H,26,30). The van der Waals surface area contributed by atoms with Crippen molar-refractivity contribution in [2.75, 3.05) is 18.2 Å². The Bertz CT molecular complexity index is 1250. The van der Waals surface area contributed by atoms with Crippen LogP contribution in [0.4, 0.5) is 5.69 Å². The number of ether oxygens (including phenoxy) is 1. The molecule has 4 rings (SSSR count). The van der Waals surface area contributed by atoms with Crippen LogP contribution < -0.4 is 5.32 Å². The number of thioether (sulfide) groups is 2. The van der Waals surface area contributed by atoms with Crippen molar-refractivity contribution >= 4 is 41.1 Å². The molecule has 0 saturated carbocycles. The number of nitrogens with one attached hydrogen (secondary N) is 1. The van der Waals surface area contributed by atoms with Crippen molar-refractivity contribution in [1.82, 2.24) is 14.8 Å². The molecule has 172 valence electrons. The van der Waals surface area contributed by atoms with Crippen molar-refractivity contribution in [2.45, 2.75) is 15.8 Å². The second-order valence-electron chi connectivity index (χ2n) is 7.08. The molecule has 0 saturated heterocycles. The lowest BCUT2D eigenvalue weighted by Gasteiger charge is -2.10. The number of benzene rings is 3. The minimum atomic E-state index is -0.421. The number of rotatable bonds is 9. The molecule has 1 N–H and O–H groups in total. The zero-order valence-electron chi connectivity index (χ0n) is 18.4. The summed E-state index contributed by atoms with van der Waals surface area (Å²) >= 11 is 3.00. The normalized spacial score (nSPS) is 10.6. The first-order valence-corrected chi connectivity index (χ1v) is 12.4. The third-order valence-corrected chi connectivity index (χ3v) is 6.69. The highest BCUT2D eigenvalue weighted by Gasteiger charge is 2.16. The fraction of sp³-hybridized carbons (Fsp3) is 0.120. The number of carbonyl (C=O) groups excluding carboxylic acids is 2. The first kappa shape index (κ1) is 23.6. The molecule has 0 fully saturated rings. The van der Waals surface area contributed by atoms with Gasteiger partial charge in [-0.25, -0.2) is 4.79 Å². The van der Waals surface area contributed by atoms with Crippen LogP contribution in [0.1, 0.15) is 16.2 Å². The molecule has 0 spiro atoms. The van der Waals surface area contributed by atoms with Crippen LogP contribution in [0.15, 0.2) is 95.0 Å². The van der Waals surface area contributed by atoms with E-state index in [1.807, 2.05) is 53.1 Å². The minimum absolute atomic E-state index is 0.162. The summed E-state index contributed by atoms with van der Waals surface area (Å²) < 4.78 is 6.68. The molecule has 3 aromatic carbocycles. The zero-order valence-corrected chi connectivity index (χ0v) is 20.0. The molecule has 1 heterocycles. The summed E-state index contributed by atoms with van der Waals surface area (Å²) in [7, 11) is 1.33. The van der Waals surface area contributed by atoms with Gasteiger partial charge in [0.1, 0.15) is 5.82 Å². The van der Waals surface area contributed by atoms with Crippen molar-refractivity contribution in [1.29, 1.82) is 0 Å². The van der Waals surface area contributed by atoms with E-state index in [4.69, 9.17) is 4.74 Å². The van der Waals surface area contributed by atoms with Crippen LogP contribution in [0.25, 0.3) is 5.69 Å². The van der Waals surface area contributed by atoms with Crippen molar-refractivity contribution in [3.05, 3.63) is 96.3 Å². The van der Waals surface area contributed by atoms with Crippen LogP contribution in [-0.4, -0.2) is 39.5 Å². The number of nitrogens with zero attached hydrogens (tertiary/aromatic N) is 3. The van der Waals surface area contributed by atoms with E-state index in [1.165, 1.54) is 18.9 Å². The lowest BCUT2D eigenvalue weighted by atomic mass is 10.2. The largest absolute Gasteiger partial charge is 0.465 e. The van der Waals surface area contributed by atoms with Gasteiger partial charge in [0.2, 0.25) is 5.91 Å². The Balaban J connectivity index is 1.44. The van der Waals surface area contributed by atoms with E-state index in [-0.39, 0.29) is 11.7 Å². The first-order valence-electron chi connectivity index (χ1n) is 10.4. The molecule has 0 aliphatic heterocycles. The van der Waals surface area contributed by atoms with Gasteiger partial charge in [0.25, 0.3) is 0 Å². The average Bonchev–Trinajstić information content (AvgIpc) is 3.30. The summed E-state index contributed by atoms with van der Waals surface area (Å²) in [6, 6.07) is 26.5. The topological polar surface area (TPSA) is 86.1 Å². The number of para-hydroxylation sites is 1. The van der Waals surface area contributed by atoms with Crippen LogP contribution in [-0.2, 0) is 15.3 Å². The van der Waals surface area contributed by atoms with Gasteiger partial charge in [0.05, 0.1) is 24.2 Å². The molecular formula is C25H22N4O3S2. The molecule has 7 nitrogen and oxygen atoms in total. The van der Waals surface area contributed by atoms with Gasteiger partial charge in [-0.2, -0.15) is 0 Å². The number of amides is 1. The molecule has 34 heavy (non-hydrogen) atoms. The smallest absolute Gasteiger partial charge is 0.337 e. The number of hydrogen-bond donors (Lipinski definition) is 1. The molecule has 1 amide bonds. The monoisotopic (exact) mass is 490 g/mol. The second-order valence-corrected chi connectivity index (χ2v) is 9.07. The van der Waals surface area contributed by atoms with Crippen LogP contribution in [0.5, 0.6) is 0 Å². The van der Waals surface area contributed by atoms with Crippen LogP contribution in [0, 0.1) is 0 Å². The maximum absolute atomic E-state index is 12.5. The average molecular weight is 491 g/mol. The van der Waals surface area contributed by atoms with Crippen LogP contribution >= 0.6 is 23.5 Å². The number of esters is 1. The van der Waals surface area contributed by atoms with E-state index in [2.05, 4.69) is 27.6 Å². The summed E-state index contributed by atoms with van der Waals surface area (Å²) in [6.45, 7) is 0. The molecule has 0 bridgehead atoms. The molecule has 1 aromatic heterocycles. The Labute approximate surface area is 205 Å². The Hall–Kier alpha value is -3.56. The van der Waals surface area contributed by atoms with Crippen molar-refractivity contribution < 1.29 is 14.3 Å². The van der Waals surface area contributed by atoms with E-state index >= 15 is 0 Å². The van der Waals surface area contributed by atoms with Gasteiger partial charge in [-0.05, 0) is 48.5 Å². The van der Waals surface area contributed by atoms with Gasteiger partial charge in [-0.3, -0.25) is 9.36 Å². The quantitative estimate of drug-likeness (QED) is 0.259. The molecule has 0 aliphatic rings. The molecular weight excluding hydrogens is 468 g/mol. The maximum atomic E-state index is 12.5. The number of hydrogen-bond acceptors (Lipinski definition) is 7. The number of carbonyl (C=O) groups is 2. The summed E-state index contributed by atoms with van der Waals surface area (Å²) in [6.07, 6.45) is 0. The molecule has 0 radical (unpaired) electrons. The lowest BCUT2D eigenvalue weighted by Crippen LogP contribution is -2.15. The molecule has 0 aliphatic carbocycles. The van der Waals surface area contributed by atoms with Gasteiger partial charge in [0.15, 0.2) is 5.16 Å². The predicted octanol–water partition coefficient (Wildman–Crippen LogP) is 5.08. The summed E-state index contributed by atoms with van der Waals surface area (Å²) in [5, 5.41) is 12.2. The van der Waals surface area contributed by atoms with Crippen molar-refractivity contribution in [3.8, 4) is 5.69 Å². The molecule has 0 unspecified atom stereocenters. The van der Waals surface area contributed by atoms with Crippen LogP contribution in [0.3, 0.4) is 0 Å². The van der Waals surface area contributed by atoms with Crippen molar-refractivity contribution in [3.63, 3.8) is 0 Å². The fourth-order valence-corrected chi connectivity index (χ4v) is 4.73. The van der Waals surface area contributed by atoms with Gasteiger partial charge in [0, 0.05) is 16.3 Å². The van der Waals surface area contributed by atoms with E-state index in [9.17, 15) is 9.59 Å². The Morgan fingerprint density at radius 2 is 1.56 bits per heavy atom. The van der Waals surface area contributed by atoms with Gasteiger partial charge >= 0.3 is 5.97 Å². The highest BCUT2D eigenvalue weighted by molar-refractivity contribution is 7.99. The summed E-state index contributed by atoms with van der Waals surface area (Å²) in [5.74, 6) is 1.01. The number of anilines is 1. The van der Waals surface area contributed by atoms with E-state index in [0.29, 0.717) is 22.2 Å². The van der Waals surface area contributed by atoms with Crippen LogP contribution in [0.2, 0.25) is 0 Å². The minimum Gasteiger partial charge on any atom is -0.465 e. The number of methoxy groups -OCH3 is 1. The van der Waals surface area contributed by atoms with Gasteiger partial charge in [-0.1, -0.05) is 48.2 Å². The fourth-order valence-electron chi connectivity index (χ4n) is 3.12. The molecule has 9 heteroatoms. The first-order chi connectivity index (χ1) is 16.6. The zero-order chi connectivity index (χ0) is 23.8. The maximum Gasteiger partial charge on any atom is 0.337 e. The SMILES string of the molecule is COC(=O)c1ccc(NC(=O)CSc2nnc(CSc3ccccc3)n2-c2ccccc2)cc1. The third-order valence-electron chi connectivity index (χ3n) is 4.75. The van der Waals surface area contributed by atoms with E-state index < -0.39 is 5.97 Å². The van der Waals surface area contributed by atoms with Gasteiger partial charge < -0.3 is 10.1 Å². The van der Waals surface area contributed by atoms with E-state index in [1.54, 1.807) is 36.0 Å². The Kier molecular flexibility index (Phi) is 8.00. The molecule has 4 aromatic rings. The highest BCUT2D eigenvalue weighted by Crippen LogP contribution is 2.27. The number of aromatic nitrogens is 3. The second kappa shape index (κ2) is 11.5. The Morgan fingerprint density at radius 3 is 2.24 bits per heavy atom. The Morgan fingerprint density at radius 1 is 0.882 bits per heavy atom. The van der Waals surface area contributed by atoms with Crippen molar-refractivity contribution in [2.24, 2.45) is 0 Å². The highest BCUT2D eigenvalue weighted by atomic mass is 32.2. The van der Waals surface area contributed by atoms with E-state index in [0.717, 1.165) is 16.4 Å². The predicted molar refractivity (Wildman–Crippen MR) is 134 cm³/mol. The lowest BCUT2D eigenvalue weighted by molar-refractivity contribution is -0.113. The summed E-state index contributed by atoms with van der Waals surface area (Å²) in [5.41, 5.74) is 1.96.